The molecule has 0 bridgehead atoms. The minimum absolute atomic E-state index is 0. The Morgan fingerprint density at radius 3 is 2.28 bits per heavy atom. The van der Waals surface area contributed by atoms with E-state index in [1.54, 1.807) is 5.01 Å². The molecule has 3 heterocycles. The number of hydrazine groups is 2. The van der Waals surface area contributed by atoms with Crippen molar-refractivity contribution in [3.8, 4) is 0 Å². The standard InChI is InChI=1S/C19H16F3N5O.H2O/c20-19(21,22)12-6-8-13(9-7-12)26-18(28)16-17(25-10-3-11-25)23-14-4-1-2-5-15(14)27(16)24-26;/h1-2,4-9,24,28H,3,10-11H2;1H2. The summed E-state index contributed by atoms with van der Waals surface area (Å²) in [6.07, 6.45) is -3.37. The Morgan fingerprint density at radius 1 is 0.966 bits per heavy atom. The highest BCUT2D eigenvalue weighted by Crippen LogP contribution is 2.41. The lowest BCUT2D eigenvalue weighted by Gasteiger charge is -2.38. The van der Waals surface area contributed by atoms with E-state index in [1.165, 1.54) is 17.1 Å². The largest absolute Gasteiger partial charge is 0.492 e. The number of nitrogens with one attached hydrogen (secondary N) is 1. The SMILES string of the molecule is O.OC1=C2C(N3CCC3)=Nc3ccccc3N2NN1c1ccc(C(F)(F)F)cc1. The number of para-hydroxylation sites is 2. The number of nitrogens with zero attached hydrogens (tertiary/aromatic N) is 4. The van der Waals surface area contributed by atoms with Gasteiger partial charge in [0.25, 0.3) is 0 Å². The molecule has 1 fully saturated rings. The average Bonchev–Trinajstić information content (AvgIpc) is 2.98. The second-order valence-corrected chi connectivity index (χ2v) is 6.75. The summed E-state index contributed by atoms with van der Waals surface area (Å²) in [7, 11) is 0. The van der Waals surface area contributed by atoms with Crippen molar-refractivity contribution in [3.05, 3.63) is 65.7 Å². The highest BCUT2D eigenvalue weighted by atomic mass is 19.4. The van der Waals surface area contributed by atoms with Gasteiger partial charge in [0.2, 0.25) is 5.88 Å². The van der Waals surface area contributed by atoms with Crippen LogP contribution in [0, 0.1) is 0 Å². The first-order valence-corrected chi connectivity index (χ1v) is 8.83. The fourth-order valence-electron chi connectivity index (χ4n) is 3.42. The van der Waals surface area contributed by atoms with Crippen molar-refractivity contribution in [2.24, 2.45) is 4.99 Å². The monoisotopic (exact) mass is 405 g/mol. The van der Waals surface area contributed by atoms with Gasteiger partial charge in [-0.15, -0.1) is 5.53 Å². The summed E-state index contributed by atoms with van der Waals surface area (Å²) in [6.45, 7) is 1.68. The third kappa shape index (κ3) is 2.97. The van der Waals surface area contributed by atoms with Crippen LogP contribution in [0.1, 0.15) is 12.0 Å². The maximum atomic E-state index is 12.8. The summed E-state index contributed by atoms with van der Waals surface area (Å²) in [4.78, 5) is 6.76. The second kappa shape index (κ2) is 6.68. The number of halogens is 3. The molecule has 0 unspecified atom stereocenters. The summed E-state index contributed by atoms with van der Waals surface area (Å²) < 4.78 is 38.5. The molecule has 7 nitrogen and oxygen atoms in total. The van der Waals surface area contributed by atoms with Gasteiger partial charge in [-0.25, -0.2) is 15.0 Å². The Kier molecular flexibility index (Phi) is 4.39. The molecule has 0 atom stereocenters. The Hall–Kier alpha value is -3.24. The van der Waals surface area contributed by atoms with Gasteiger partial charge in [-0.2, -0.15) is 13.2 Å². The number of aliphatic hydroxyl groups is 1. The summed E-state index contributed by atoms with van der Waals surface area (Å²) in [5.74, 6) is 0.532. The minimum atomic E-state index is -4.41. The van der Waals surface area contributed by atoms with Gasteiger partial charge < -0.3 is 15.5 Å². The number of anilines is 2. The van der Waals surface area contributed by atoms with Crippen LogP contribution in [0.5, 0.6) is 0 Å². The molecule has 0 aromatic heterocycles. The van der Waals surface area contributed by atoms with Crippen LogP contribution >= 0.6 is 0 Å². The molecule has 10 heteroatoms. The van der Waals surface area contributed by atoms with E-state index >= 15 is 0 Å². The third-order valence-corrected chi connectivity index (χ3v) is 5.02. The zero-order valence-corrected chi connectivity index (χ0v) is 15.1. The van der Waals surface area contributed by atoms with Crippen LogP contribution in [-0.2, 0) is 6.18 Å². The van der Waals surface area contributed by atoms with E-state index in [0.29, 0.717) is 17.2 Å². The normalized spacial score (nSPS) is 18.0. The van der Waals surface area contributed by atoms with Crippen molar-refractivity contribution in [1.82, 2.24) is 10.4 Å². The topological polar surface area (TPSA) is 85.8 Å². The average molecular weight is 405 g/mol. The zero-order valence-electron chi connectivity index (χ0n) is 15.1. The Labute approximate surface area is 164 Å². The van der Waals surface area contributed by atoms with Crippen LogP contribution in [0.15, 0.2) is 65.1 Å². The molecule has 1 saturated heterocycles. The number of alkyl halides is 3. The number of hydrogen-bond acceptors (Lipinski definition) is 6. The Morgan fingerprint density at radius 2 is 1.66 bits per heavy atom. The lowest BCUT2D eigenvalue weighted by atomic mass is 10.1. The fourth-order valence-corrected chi connectivity index (χ4v) is 3.42. The van der Waals surface area contributed by atoms with Crippen LogP contribution in [0.25, 0.3) is 0 Å². The van der Waals surface area contributed by atoms with Gasteiger partial charge in [-0.3, -0.25) is 0 Å². The van der Waals surface area contributed by atoms with E-state index in [4.69, 9.17) is 4.99 Å². The van der Waals surface area contributed by atoms with E-state index in [0.717, 1.165) is 43.0 Å². The van der Waals surface area contributed by atoms with Crippen molar-refractivity contribution in [2.75, 3.05) is 23.1 Å². The molecule has 29 heavy (non-hydrogen) atoms. The van der Waals surface area contributed by atoms with Crippen LogP contribution in [-0.4, -0.2) is 34.4 Å². The lowest BCUT2D eigenvalue weighted by molar-refractivity contribution is -0.137. The number of hydrogen-bond donors (Lipinski definition) is 2. The number of aliphatic imine (C=N–C) groups is 1. The van der Waals surface area contributed by atoms with E-state index in [-0.39, 0.29) is 11.4 Å². The summed E-state index contributed by atoms with van der Waals surface area (Å²) >= 11 is 0. The van der Waals surface area contributed by atoms with Gasteiger partial charge in [-0.05, 0) is 42.8 Å². The summed E-state index contributed by atoms with van der Waals surface area (Å²) in [6, 6.07) is 12.1. The third-order valence-electron chi connectivity index (χ3n) is 5.02. The van der Waals surface area contributed by atoms with Crippen molar-refractivity contribution in [2.45, 2.75) is 12.6 Å². The molecule has 0 amide bonds. The molecule has 5 rings (SSSR count). The van der Waals surface area contributed by atoms with E-state index < -0.39 is 11.7 Å². The van der Waals surface area contributed by atoms with E-state index in [2.05, 4.69) is 10.4 Å². The van der Waals surface area contributed by atoms with Crippen LogP contribution in [0.4, 0.5) is 30.2 Å². The molecule has 0 radical (unpaired) electrons. The fraction of sp³-hybridized carbons (Fsp3) is 0.211. The van der Waals surface area contributed by atoms with Crippen molar-refractivity contribution < 1.29 is 23.8 Å². The van der Waals surface area contributed by atoms with Crippen molar-refractivity contribution in [3.63, 3.8) is 0 Å². The minimum Gasteiger partial charge on any atom is -0.492 e. The zero-order chi connectivity index (χ0) is 19.5. The molecule has 0 spiro atoms. The number of amidine groups is 1. The van der Waals surface area contributed by atoms with E-state index in [1.807, 2.05) is 24.3 Å². The van der Waals surface area contributed by atoms with Crippen molar-refractivity contribution in [1.29, 1.82) is 0 Å². The maximum absolute atomic E-state index is 12.8. The van der Waals surface area contributed by atoms with Gasteiger partial charge >= 0.3 is 6.18 Å². The summed E-state index contributed by atoms with van der Waals surface area (Å²) in [5, 5.41) is 14.0. The van der Waals surface area contributed by atoms with Crippen LogP contribution < -0.4 is 15.6 Å². The quantitative estimate of drug-likeness (QED) is 0.762. The van der Waals surface area contributed by atoms with Gasteiger partial charge in [-0.1, -0.05) is 12.1 Å². The molecular formula is C19H18F3N5O2. The second-order valence-electron chi connectivity index (χ2n) is 6.75. The molecule has 3 aliphatic rings. The van der Waals surface area contributed by atoms with Crippen molar-refractivity contribution >= 4 is 22.9 Å². The Balaban J connectivity index is 0.00000205. The number of rotatable bonds is 1. The first kappa shape index (κ1) is 19.1. The van der Waals surface area contributed by atoms with Gasteiger partial charge in [0.05, 0.1) is 22.6 Å². The molecule has 0 saturated carbocycles. The first-order chi connectivity index (χ1) is 13.4. The molecule has 2 aromatic carbocycles. The highest BCUT2D eigenvalue weighted by Gasteiger charge is 2.41. The molecule has 4 N–H and O–H groups in total. The van der Waals surface area contributed by atoms with Gasteiger partial charge in [0, 0.05) is 13.1 Å². The molecular weight excluding hydrogens is 387 g/mol. The van der Waals surface area contributed by atoms with E-state index in [9.17, 15) is 18.3 Å². The smallest absolute Gasteiger partial charge is 0.416 e. The lowest BCUT2D eigenvalue weighted by Crippen LogP contribution is -2.49. The number of benzene rings is 2. The van der Waals surface area contributed by atoms with Crippen LogP contribution in [0.2, 0.25) is 0 Å². The first-order valence-electron chi connectivity index (χ1n) is 8.83. The Bertz CT molecular complexity index is 1000. The van der Waals surface area contributed by atoms with Gasteiger partial charge in [0.15, 0.2) is 11.5 Å². The molecule has 152 valence electrons. The summed E-state index contributed by atoms with van der Waals surface area (Å²) in [5.41, 5.74) is 4.69. The predicted molar refractivity (Wildman–Crippen MR) is 103 cm³/mol. The van der Waals surface area contributed by atoms with Gasteiger partial charge in [0.1, 0.15) is 0 Å². The highest BCUT2D eigenvalue weighted by molar-refractivity contribution is 6.08. The molecule has 2 aromatic rings. The molecule has 0 aliphatic carbocycles. The predicted octanol–water partition coefficient (Wildman–Crippen LogP) is 3.10. The number of aliphatic hydroxyl groups excluding tert-OH is 1. The number of fused-ring (bicyclic) bond motifs is 3. The molecule has 3 aliphatic heterocycles. The number of likely N-dealkylation sites (tertiary alicyclic amines) is 1. The van der Waals surface area contributed by atoms with Crippen LogP contribution in [0.3, 0.4) is 0 Å². The maximum Gasteiger partial charge on any atom is 0.416 e.